The Morgan fingerprint density at radius 1 is 1.19 bits per heavy atom. The number of hydrogen-bond donors (Lipinski definition) is 3. The quantitative estimate of drug-likeness (QED) is 0.329. The highest BCUT2D eigenvalue weighted by Crippen LogP contribution is 2.46. The van der Waals surface area contributed by atoms with E-state index in [0.717, 1.165) is 25.7 Å². The largest absolute Gasteiger partial charge is 0.427 e. The predicted octanol–water partition coefficient (Wildman–Crippen LogP) is 2.82. The molecular weight excluding hydrogens is 361 g/mol. The van der Waals surface area contributed by atoms with Crippen molar-refractivity contribution in [3.05, 3.63) is 0 Å². The number of esters is 1. The van der Waals surface area contributed by atoms with Crippen molar-refractivity contribution in [2.75, 3.05) is 19.1 Å². The Balaban J connectivity index is 2.23. The van der Waals surface area contributed by atoms with Gasteiger partial charge in [-0.25, -0.2) is 4.79 Å². The van der Waals surface area contributed by atoms with Crippen molar-refractivity contribution in [2.45, 2.75) is 65.5 Å². The van der Waals surface area contributed by atoms with Crippen LogP contribution >= 0.6 is 7.37 Å². The number of carbonyl (C=O) groups is 2. The first kappa shape index (κ1) is 22.9. The standard InChI is InChI=1S/C17H32NO7P/c1-17(2,3)15(20)24-12-25-16(21)18-14(19)9-10-26(22,23)11-13-7-5-4-6-8-13/h13-14,19H,4-12H2,1-3H3,(H,18,21)(H,22,23). The van der Waals surface area contributed by atoms with E-state index in [9.17, 15) is 24.2 Å². The number of ether oxygens (including phenoxy) is 2. The minimum Gasteiger partial charge on any atom is -0.427 e. The number of hydrogen-bond acceptors (Lipinski definition) is 6. The number of amides is 1. The molecular formula is C17H32NO7P. The summed E-state index contributed by atoms with van der Waals surface area (Å²) in [7, 11) is -3.33. The highest BCUT2D eigenvalue weighted by atomic mass is 31.2. The lowest BCUT2D eigenvalue weighted by atomic mass is 9.91. The van der Waals surface area contributed by atoms with E-state index in [1.165, 1.54) is 6.42 Å². The Morgan fingerprint density at radius 3 is 2.38 bits per heavy atom. The lowest BCUT2D eigenvalue weighted by Gasteiger charge is -2.24. The smallest absolute Gasteiger partial charge is 0.412 e. The van der Waals surface area contributed by atoms with Gasteiger partial charge in [0.05, 0.1) is 5.41 Å². The minimum absolute atomic E-state index is 0.0443. The number of rotatable bonds is 8. The molecule has 0 radical (unpaired) electrons. The number of aliphatic hydroxyl groups excluding tert-OH is 1. The van der Waals surface area contributed by atoms with Crippen LogP contribution in [0.4, 0.5) is 4.79 Å². The van der Waals surface area contributed by atoms with Gasteiger partial charge in [0, 0.05) is 18.7 Å². The Morgan fingerprint density at radius 2 is 1.81 bits per heavy atom. The number of carbonyl (C=O) groups excluding carboxylic acids is 2. The molecule has 0 spiro atoms. The van der Waals surface area contributed by atoms with Gasteiger partial charge in [-0.15, -0.1) is 0 Å². The van der Waals surface area contributed by atoms with Gasteiger partial charge in [-0.2, -0.15) is 0 Å². The molecule has 8 nitrogen and oxygen atoms in total. The molecule has 0 aromatic heterocycles. The van der Waals surface area contributed by atoms with Crippen molar-refractivity contribution in [3.63, 3.8) is 0 Å². The molecule has 1 fully saturated rings. The first-order chi connectivity index (χ1) is 12.0. The van der Waals surface area contributed by atoms with Gasteiger partial charge in [0.1, 0.15) is 6.23 Å². The van der Waals surface area contributed by atoms with Crippen LogP contribution < -0.4 is 5.32 Å². The van der Waals surface area contributed by atoms with E-state index in [-0.39, 0.29) is 24.7 Å². The summed E-state index contributed by atoms with van der Waals surface area (Å²) < 4.78 is 21.7. The third-order valence-corrected chi connectivity index (χ3v) is 6.34. The van der Waals surface area contributed by atoms with Crippen molar-refractivity contribution in [1.82, 2.24) is 5.32 Å². The Hall–Kier alpha value is -1.11. The molecule has 0 aromatic carbocycles. The maximum Gasteiger partial charge on any atom is 0.412 e. The fourth-order valence-electron chi connectivity index (χ4n) is 2.79. The highest BCUT2D eigenvalue weighted by Gasteiger charge is 2.27. The monoisotopic (exact) mass is 393 g/mol. The van der Waals surface area contributed by atoms with Crippen LogP contribution in [0.1, 0.15) is 59.3 Å². The molecule has 2 atom stereocenters. The summed E-state index contributed by atoms with van der Waals surface area (Å²) in [4.78, 5) is 33.1. The Labute approximate surface area is 155 Å². The van der Waals surface area contributed by atoms with Crippen LogP contribution in [0.15, 0.2) is 0 Å². The van der Waals surface area contributed by atoms with Crippen LogP contribution in [0.5, 0.6) is 0 Å². The van der Waals surface area contributed by atoms with Crippen molar-refractivity contribution >= 4 is 19.4 Å². The van der Waals surface area contributed by atoms with Crippen LogP contribution in [0, 0.1) is 11.3 Å². The molecule has 1 aliphatic rings. The molecule has 152 valence electrons. The molecule has 1 saturated carbocycles. The van der Waals surface area contributed by atoms with Crippen LogP contribution in [-0.4, -0.2) is 47.4 Å². The molecule has 1 rings (SSSR count). The van der Waals surface area contributed by atoms with Gasteiger partial charge in [0.15, 0.2) is 0 Å². The van der Waals surface area contributed by atoms with Gasteiger partial charge >= 0.3 is 12.1 Å². The fraction of sp³-hybridized carbons (Fsp3) is 0.882. The van der Waals surface area contributed by atoms with Crippen LogP contribution in [0.3, 0.4) is 0 Å². The Bertz CT molecular complexity index is 512. The molecule has 3 N–H and O–H groups in total. The second-order valence-corrected chi connectivity index (χ2v) is 10.4. The van der Waals surface area contributed by atoms with Gasteiger partial charge < -0.3 is 19.5 Å². The van der Waals surface area contributed by atoms with E-state index in [2.05, 4.69) is 10.1 Å². The van der Waals surface area contributed by atoms with Crippen molar-refractivity contribution in [3.8, 4) is 0 Å². The Kier molecular flexibility index (Phi) is 9.07. The summed E-state index contributed by atoms with van der Waals surface area (Å²) in [5.74, 6) is -0.248. The van der Waals surface area contributed by atoms with Crippen LogP contribution in [0.25, 0.3) is 0 Å². The van der Waals surface area contributed by atoms with Gasteiger partial charge in [-0.1, -0.05) is 19.3 Å². The average Bonchev–Trinajstić information content (AvgIpc) is 2.52. The third-order valence-electron chi connectivity index (χ3n) is 4.30. The highest BCUT2D eigenvalue weighted by molar-refractivity contribution is 7.58. The van der Waals surface area contributed by atoms with Gasteiger partial charge in [-0.05, 0) is 39.5 Å². The van der Waals surface area contributed by atoms with Crippen LogP contribution in [0.2, 0.25) is 0 Å². The van der Waals surface area contributed by atoms with E-state index in [1.807, 2.05) is 0 Å². The SMILES string of the molecule is CC(C)(C)C(=O)OCOC(=O)NC(O)CCP(=O)(O)CC1CCCCC1. The van der Waals surface area contributed by atoms with Crippen LogP contribution in [-0.2, 0) is 18.8 Å². The molecule has 0 bridgehead atoms. The number of nitrogens with one attached hydrogen (secondary N) is 1. The van der Waals surface area contributed by atoms with E-state index >= 15 is 0 Å². The first-order valence-corrected chi connectivity index (χ1v) is 11.1. The second-order valence-electron chi connectivity index (χ2n) is 7.94. The normalized spacial score (nSPS) is 19.3. The maximum absolute atomic E-state index is 12.3. The van der Waals surface area contributed by atoms with E-state index in [0.29, 0.717) is 0 Å². The molecule has 0 aliphatic heterocycles. The zero-order valence-corrected chi connectivity index (χ0v) is 16.8. The van der Waals surface area contributed by atoms with E-state index in [4.69, 9.17) is 4.74 Å². The summed E-state index contributed by atoms with van der Waals surface area (Å²) in [6, 6.07) is 0. The average molecular weight is 393 g/mol. The van der Waals surface area contributed by atoms with Crippen molar-refractivity contribution in [2.24, 2.45) is 11.3 Å². The zero-order valence-electron chi connectivity index (χ0n) is 15.9. The molecule has 1 amide bonds. The molecule has 1 aliphatic carbocycles. The van der Waals surface area contributed by atoms with Crippen molar-refractivity contribution in [1.29, 1.82) is 0 Å². The van der Waals surface area contributed by atoms with Crippen molar-refractivity contribution < 1.29 is 33.6 Å². The zero-order chi connectivity index (χ0) is 19.8. The maximum atomic E-state index is 12.3. The predicted molar refractivity (Wildman–Crippen MR) is 96.8 cm³/mol. The molecule has 0 aromatic rings. The van der Waals surface area contributed by atoms with E-state index in [1.54, 1.807) is 20.8 Å². The second kappa shape index (κ2) is 10.3. The molecule has 9 heteroatoms. The molecule has 26 heavy (non-hydrogen) atoms. The summed E-state index contributed by atoms with van der Waals surface area (Å²) in [6.45, 7) is 4.44. The lowest BCUT2D eigenvalue weighted by Crippen LogP contribution is -2.36. The summed E-state index contributed by atoms with van der Waals surface area (Å²) in [5, 5.41) is 11.9. The third kappa shape index (κ3) is 9.55. The first-order valence-electron chi connectivity index (χ1n) is 9.09. The molecule has 0 heterocycles. The minimum atomic E-state index is -3.33. The van der Waals surface area contributed by atoms with E-state index < -0.39 is 37.9 Å². The van der Waals surface area contributed by atoms with Gasteiger partial charge in [-0.3, -0.25) is 14.7 Å². The number of alkyl carbamates (subject to hydrolysis) is 1. The number of aliphatic hydroxyl groups is 1. The van der Waals surface area contributed by atoms with Gasteiger partial charge in [0.2, 0.25) is 14.2 Å². The molecule has 2 unspecified atom stereocenters. The lowest BCUT2D eigenvalue weighted by molar-refractivity contribution is -0.161. The molecule has 0 saturated heterocycles. The summed E-state index contributed by atoms with van der Waals surface area (Å²) in [6.07, 6.45) is 3.24. The summed E-state index contributed by atoms with van der Waals surface area (Å²) >= 11 is 0. The fourth-order valence-corrected chi connectivity index (χ4v) is 4.79. The topological polar surface area (TPSA) is 122 Å². The summed E-state index contributed by atoms with van der Waals surface area (Å²) in [5.41, 5.74) is -0.708. The van der Waals surface area contributed by atoms with Gasteiger partial charge in [0.25, 0.3) is 0 Å².